The van der Waals surface area contributed by atoms with E-state index in [9.17, 15) is 0 Å². The Morgan fingerprint density at radius 1 is 1.12 bits per heavy atom. The summed E-state index contributed by atoms with van der Waals surface area (Å²) < 4.78 is 17.6. The molecule has 4 nitrogen and oxygen atoms in total. The van der Waals surface area contributed by atoms with Crippen molar-refractivity contribution in [1.29, 1.82) is 0 Å². The zero-order valence-corrected chi connectivity index (χ0v) is 15.4. The lowest BCUT2D eigenvalue weighted by atomic mass is 9.77. The summed E-state index contributed by atoms with van der Waals surface area (Å²) in [4.78, 5) is 0. The molecule has 0 amide bonds. The smallest absolute Gasteiger partial charge is 0.231 e. The van der Waals surface area contributed by atoms with Crippen LogP contribution in [0, 0.1) is 5.92 Å². The number of nitrogens with one attached hydrogen (secondary N) is 1. The first-order valence-corrected chi connectivity index (χ1v) is 9.24. The van der Waals surface area contributed by atoms with E-state index in [0.717, 1.165) is 28.1 Å². The van der Waals surface area contributed by atoms with E-state index in [2.05, 4.69) is 51.6 Å². The molecule has 2 heterocycles. The van der Waals surface area contributed by atoms with Crippen LogP contribution in [0.1, 0.15) is 29.5 Å². The van der Waals surface area contributed by atoms with Crippen molar-refractivity contribution in [3.63, 3.8) is 0 Å². The van der Waals surface area contributed by atoms with Crippen molar-refractivity contribution in [2.24, 2.45) is 5.92 Å². The number of halogens is 1. The molecule has 2 aliphatic heterocycles. The lowest BCUT2D eigenvalue weighted by molar-refractivity contribution is 0.174. The zero-order chi connectivity index (χ0) is 17.0. The number of allylic oxidation sites excluding steroid dienone is 2. The van der Waals surface area contributed by atoms with Crippen LogP contribution in [0.4, 0.5) is 5.69 Å². The van der Waals surface area contributed by atoms with Gasteiger partial charge in [0.25, 0.3) is 0 Å². The van der Waals surface area contributed by atoms with Gasteiger partial charge in [0.2, 0.25) is 6.79 Å². The molecular weight excluding hydrogens is 382 g/mol. The number of benzene rings is 2. The number of methoxy groups -OCH3 is 1. The number of hydrogen-bond acceptors (Lipinski definition) is 4. The van der Waals surface area contributed by atoms with Crippen LogP contribution in [0.5, 0.6) is 17.2 Å². The van der Waals surface area contributed by atoms with Gasteiger partial charge in [0.1, 0.15) is 5.75 Å². The lowest BCUT2D eigenvalue weighted by Gasteiger charge is -2.38. The molecule has 3 atom stereocenters. The second-order valence-electron chi connectivity index (χ2n) is 6.66. The van der Waals surface area contributed by atoms with Gasteiger partial charge in [-0.25, -0.2) is 0 Å². The maximum absolute atomic E-state index is 5.59. The van der Waals surface area contributed by atoms with Crippen LogP contribution in [0.15, 0.2) is 47.0 Å². The molecule has 0 radical (unpaired) electrons. The van der Waals surface area contributed by atoms with Gasteiger partial charge in [0, 0.05) is 16.1 Å². The first-order chi connectivity index (χ1) is 12.2. The summed E-state index contributed by atoms with van der Waals surface area (Å²) in [5.41, 5.74) is 3.69. The molecule has 1 aliphatic carbocycles. The second-order valence-corrected chi connectivity index (χ2v) is 7.51. The molecule has 2 aromatic carbocycles. The van der Waals surface area contributed by atoms with Crippen LogP contribution < -0.4 is 19.5 Å². The molecule has 128 valence electrons. The summed E-state index contributed by atoms with van der Waals surface area (Å²) >= 11 is 3.73. The van der Waals surface area contributed by atoms with Crippen LogP contribution >= 0.6 is 15.9 Å². The molecule has 0 saturated carbocycles. The third-order valence-corrected chi connectivity index (χ3v) is 6.08. The van der Waals surface area contributed by atoms with E-state index in [1.807, 2.05) is 12.1 Å². The Kier molecular flexibility index (Phi) is 3.45. The van der Waals surface area contributed by atoms with Crippen LogP contribution in [-0.4, -0.2) is 13.9 Å². The largest absolute Gasteiger partial charge is 0.497 e. The molecule has 1 N–H and O–H groups in total. The number of fused-ring (bicyclic) bond motifs is 4. The highest BCUT2D eigenvalue weighted by molar-refractivity contribution is 9.10. The number of rotatable bonds is 2. The van der Waals surface area contributed by atoms with E-state index >= 15 is 0 Å². The number of hydrogen-bond donors (Lipinski definition) is 1. The van der Waals surface area contributed by atoms with Gasteiger partial charge < -0.3 is 19.5 Å². The first kappa shape index (κ1) is 15.1. The Bertz CT molecular complexity index is 879. The Morgan fingerprint density at radius 3 is 2.80 bits per heavy atom. The highest BCUT2D eigenvalue weighted by atomic mass is 79.9. The summed E-state index contributed by atoms with van der Waals surface area (Å²) in [7, 11) is 1.71. The van der Waals surface area contributed by atoms with E-state index in [0.29, 0.717) is 18.6 Å². The van der Waals surface area contributed by atoms with E-state index in [1.165, 1.54) is 16.8 Å². The molecular formula is C20H18BrNO3. The van der Waals surface area contributed by atoms with Gasteiger partial charge in [-0.3, -0.25) is 0 Å². The quantitative estimate of drug-likeness (QED) is 0.720. The molecule has 2 unspecified atom stereocenters. The minimum atomic E-state index is 0.213. The number of anilines is 1. The molecule has 5 heteroatoms. The van der Waals surface area contributed by atoms with E-state index in [4.69, 9.17) is 14.2 Å². The molecule has 0 saturated heterocycles. The fourth-order valence-corrected chi connectivity index (χ4v) is 4.75. The normalized spacial score (nSPS) is 25.3. The standard InChI is InChI=1S/C20H18BrNO3/c1-23-11-5-6-17-14(7-11)12-3-2-4-13(12)20(22-17)15-8-18-19(9-16(15)21)25-10-24-18/h2-3,5-9,12-13,20,22H,4,10H2,1H3/t12?,13?,20-/m0/s1. The summed E-state index contributed by atoms with van der Waals surface area (Å²) in [6.45, 7) is 0.291. The fraction of sp³-hybridized carbons (Fsp3) is 0.300. The fourth-order valence-electron chi connectivity index (χ4n) is 4.18. The molecule has 0 aromatic heterocycles. The minimum absolute atomic E-state index is 0.213. The van der Waals surface area contributed by atoms with Crippen molar-refractivity contribution < 1.29 is 14.2 Å². The van der Waals surface area contributed by atoms with Crippen molar-refractivity contribution in [1.82, 2.24) is 0 Å². The predicted octanol–water partition coefficient (Wildman–Crippen LogP) is 5.01. The van der Waals surface area contributed by atoms with E-state index < -0.39 is 0 Å². The van der Waals surface area contributed by atoms with Crippen LogP contribution in [0.25, 0.3) is 0 Å². The highest BCUT2D eigenvalue weighted by Gasteiger charge is 2.39. The predicted molar refractivity (Wildman–Crippen MR) is 99.6 cm³/mol. The highest BCUT2D eigenvalue weighted by Crippen LogP contribution is 2.52. The SMILES string of the molecule is COc1ccc2c(c1)C1C=CCC1[C@@H](c1cc3c(cc1Br)OCO3)N2. The van der Waals surface area contributed by atoms with Gasteiger partial charge in [-0.1, -0.05) is 28.1 Å². The molecule has 3 aliphatic rings. The third kappa shape index (κ3) is 2.33. The van der Waals surface area contributed by atoms with E-state index in [-0.39, 0.29) is 6.04 Å². The molecule has 0 spiro atoms. The van der Waals surface area contributed by atoms with Gasteiger partial charge in [-0.15, -0.1) is 0 Å². The van der Waals surface area contributed by atoms with Gasteiger partial charge in [-0.2, -0.15) is 0 Å². The van der Waals surface area contributed by atoms with Crippen molar-refractivity contribution in [3.05, 3.63) is 58.1 Å². The minimum Gasteiger partial charge on any atom is -0.497 e. The van der Waals surface area contributed by atoms with Crippen LogP contribution in [0.3, 0.4) is 0 Å². The summed E-state index contributed by atoms with van der Waals surface area (Å²) in [6, 6.07) is 10.6. The average Bonchev–Trinajstić information content (AvgIpc) is 3.29. The Labute approximate surface area is 154 Å². The average molecular weight is 400 g/mol. The van der Waals surface area contributed by atoms with Crippen molar-refractivity contribution in [2.45, 2.75) is 18.4 Å². The van der Waals surface area contributed by atoms with Crippen molar-refractivity contribution in [3.8, 4) is 17.2 Å². The van der Waals surface area contributed by atoms with E-state index in [1.54, 1.807) is 7.11 Å². The van der Waals surface area contributed by atoms with Gasteiger partial charge in [-0.05, 0) is 53.8 Å². The molecule has 0 fully saturated rings. The molecule has 5 rings (SSSR count). The second kappa shape index (κ2) is 5.70. The molecule has 0 bridgehead atoms. The maximum atomic E-state index is 5.59. The Balaban J connectivity index is 1.59. The van der Waals surface area contributed by atoms with Gasteiger partial charge in [0.05, 0.1) is 13.2 Å². The first-order valence-electron chi connectivity index (χ1n) is 8.45. The monoisotopic (exact) mass is 399 g/mol. The van der Waals surface area contributed by atoms with Gasteiger partial charge in [0.15, 0.2) is 11.5 Å². The maximum Gasteiger partial charge on any atom is 0.231 e. The Morgan fingerprint density at radius 2 is 1.96 bits per heavy atom. The van der Waals surface area contributed by atoms with Crippen LogP contribution in [0.2, 0.25) is 0 Å². The Hall–Kier alpha value is -2.14. The summed E-state index contributed by atoms with van der Waals surface area (Å²) in [5, 5.41) is 3.75. The van der Waals surface area contributed by atoms with Crippen LogP contribution in [-0.2, 0) is 0 Å². The van der Waals surface area contributed by atoms with Gasteiger partial charge >= 0.3 is 0 Å². The molecule has 2 aromatic rings. The topological polar surface area (TPSA) is 39.7 Å². The third-order valence-electron chi connectivity index (χ3n) is 5.40. The van der Waals surface area contributed by atoms with Crippen molar-refractivity contribution in [2.75, 3.05) is 19.2 Å². The zero-order valence-electron chi connectivity index (χ0n) is 13.8. The summed E-state index contributed by atoms with van der Waals surface area (Å²) in [6.07, 6.45) is 5.68. The number of ether oxygens (including phenoxy) is 3. The van der Waals surface area contributed by atoms with Crippen molar-refractivity contribution >= 4 is 21.6 Å². The lowest BCUT2D eigenvalue weighted by Crippen LogP contribution is -2.29. The summed E-state index contributed by atoms with van der Waals surface area (Å²) in [5.74, 6) is 3.40. The molecule has 25 heavy (non-hydrogen) atoms.